The highest BCUT2D eigenvalue weighted by molar-refractivity contribution is 5.82. The fourth-order valence-electron chi connectivity index (χ4n) is 1.27. The first-order valence-electron chi connectivity index (χ1n) is 5.17. The predicted octanol–water partition coefficient (Wildman–Crippen LogP) is -0.464. The number of aromatic nitrogens is 2. The van der Waals surface area contributed by atoms with Crippen LogP contribution in [0.25, 0.3) is 0 Å². The van der Waals surface area contributed by atoms with Crippen molar-refractivity contribution in [2.75, 3.05) is 24.6 Å². The molecule has 0 fully saturated rings. The van der Waals surface area contributed by atoms with Gasteiger partial charge in [0.25, 0.3) is 5.56 Å². The summed E-state index contributed by atoms with van der Waals surface area (Å²) in [6.07, 6.45) is 1.26. The van der Waals surface area contributed by atoms with Crippen LogP contribution in [0.3, 0.4) is 0 Å². The van der Waals surface area contributed by atoms with Crippen molar-refractivity contribution in [2.24, 2.45) is 5.41 Å². The number of hydrogen-bond acceptors (Lipinski definition) is 5. The molecule has 5 N–H and O–H groups in total. The number of hydrogen-bond donors (Lipinski definition) is 4. The second kappa shape index (κ2) is 4.86. The number of nitrogens with two attached hydrogens (primary N) is 1. The van der Waals surface area contributed by atoms with Crippen molar-refractivity contribution in [1.82, 2.24) is 15.3 Å². The van der Waals surface area contributed by atoms with Crippen LogP contribution in [0.5, 0.6) is 0 Å². The topological polar surface area (TPSA) is 113 Å². The maximum absolute atomic E-state index is 11.5. The lowest BCUT2D eigenvalue weighted by Crippen LogP contribution is -2.39. The Morgan fingerprint density at radius 3 is 2.82 bits per heavy atom. The van der Waals surface area contributed by atoms with E-state index < -0.39 is 11.0 Å². The van der Waals surface area contributed by atoms with Gasteiger partial charge in [-0.2, -0.15) is 0 Å². The Hall–Kier alpha value is -2.05. The van der Waals surface area contributed by atoms with E-state index in [1.54, 1.807) is 20.9 Å². The van der Waals surface area contributed by atoms with E-state index in [2.05, 4.69) is 20.6 Å². The first-order valence-corrected chi connectivity index (χ1v) is 5.17. The summed E-state index contributed by atoms with van der Waals surface area (Å²) in [7, 11) is 1.57. The standard InChI is InChI=1S/C10H17N5O2/c1-10(2,9(17)12-3)4-13-7-6(11)8(16)15-5-14-7/h5H,4,11H2,1-3H3,(H,12,17)(H2,13,14,15,16). The molecule has 0 aliphatic heterocycles. The van der Waals surface area contributed by atoms with Crippen molar-refractivity contribution in [2.45, 2.75) is 13.8 Å². The monoisotopic (exact) mass is 239 g/mol. The Morgan fingerprint density at radius 2 is 2.24 bits per heavy atom. The highest BCUT2D eigenvalue weighted by atomic mass is 16.2. The molecule has 17 heavy (non-hydrogen) atoms. The lowest BCUT2D eigenvalue weighted by atomic mass is 9.92. The maximum Gasteiger partial charge on any atom is 0.276 e. The number of amides is 1. The Labute approximate surface area is 98.8 Å². The Bertz CT molecular complexity index is 466. The van der Waals surface area contributed by atoms with Gasteiger partial charge in [0.1, 0.15) is 5.69 Å². The van der Waals surface area contributed by atoms with Crippen LogP contribution < -0.4 is 21.9 Å². The third-order valence-electron chi connectivity index (χ3n) is 2.43. The van der Waals surface area contributed by atoms with Gasteiger partial charge in [-0.1, -0.05) is 0 Å². The molecule has 0 spiro atoms. The largest absolute Gasteiger partial charge is 0.391 e. The Morgan fingerprint density at radius 1 is 1.59 bits per heavy atom. The van der Waals surface area contributed by atoms with Crippen molar-refractivity contribution < 1.29 is 4.79 Å². The van der Waals surface area contributed by atoms with Crippen molar-refractivity contribution in [3.8, 4) is 0 Å². The summed E-state index contributed by atoms with van der Waals surface area (Å²) in [5.41, 5.74) is 4.54. The summed E-state index contributed by atoms with van der Waals surface area (Å²) in [5.74, 6) is 0.180. The normalized spacial score (nSPS) is 11.0. The number of nitrogens with one attached hydrogen (secondary N) is 3. The molecule has 0 bridgehead atoms. The number of nitrogen functional groups attached to an aromatic ring is 1. The third-order valence-corrected chi connectivity index (χ3v) is 2.43. The number of H-pyrrole nitrogens is 1. The van der Waals surface area contributed by atoms with Crippen molar-refractivity contribution >= 4 is 17.4 Å². The van der Waals surface area contributed by atoms with Crippen LogP contribution in [0, 0.1) is 5.41 Å². The summed E-state index contributed by atoms with van der Waals surface area (Å²) in [6, 6.07) is 0. The summed E-state index contributed by atoms with van der Waals surface area (Å²) in [5, 5.41) is 5.46. The number of rotatable bonds is 4. The number of aromatic amines is 1. The number of carbonyl (C=O) groups is 1. The van der Waals surface area contributed by atoms with Gasteiger partial charge in [-0.3, -0.25) is 9.59 Å². The highest BCUT2D eigenvalue weighted by Gasteiger charge is 2.26. The lowest BCUT2D eigenvalue weighted by molar-refractivity contribution is -0.128. The van der Waals surface area contributed by atoms with E-state index in [4.69, 9.17) is 5.73 Å². The summed E-state index contributed by atoms with van der Waals surface area (Å²) >= 11 is 0. The molecule has 0 saturated heterocycles. The lowest BCUT2D eigenvalue weighted by Gasteiger charge is -2.23. The van der Waals surface area contributed by atoms with E-state index >= 15 is 0 Å². The molecular weight excluding hydrogens is 222 g/mol. The van der Waals surface area contributed by atoms with Crippen LogP contribution in [0.2, 0.25) is 0 Å². The van der Waals surface area contributed by atoms with Gasteiger partial charge < -0.3 is 21.4 Å². The molecule has 1 aromatic heterocycles. The average molecular weight is 239 g/mol. The minimum absolute atomic E-state index is 0.0141. The first kappa shape index (κ1) is 13.0. The van der Waals surface area contributed by atoms with Crippen molar-refractivity contribution in [3.63, 3.8) is 0 Å². The summed E-state index contributed by atoms with van der Waals surface area (Å²) < 4.78 is 0. The van der Waals surface area contributed by atoms with E-state index in [1.807, 2.05) is 0 Å². The van der Waals surface area contributed by atoms with Gasteiger partial charge >= 0.3 is 0 Å². The number of anilines is 2. The molecule has 1 heterocycles. The van der Waals surface area contributed by atoms with Gasteiger partial charge in [0.15, 0.2) is 5.82 Å². The van der Waals surface area contributed by atoms with Crippen LogP contribution in [-0.2, 0) is 4.79 Å². The predicted molar refractivity (Wildman–Crippen MR) is 65.6 cm³/mol. The molecule has 0 aliphatic rings. The van der Waals surface area contributed by atoms with Crippen LogP contribution in [0.15, 0.2) is 11.1 Å². The van der Waals surface area contributed by atoms with Crippen molar-refractivity contribution in [3.05, 3.63) is 16.7 Å². The van der Waals surface area contributed by atoms with Gasteiger partial charge in [-0.05, 0) is 13.8 Å². The smallest absolute Gasteiger partial charge is 0.276 e. The summed E-state index contributed by atoms with van der Waals surface area (Å²) in [6.45, 7) is 3.89. The van der Waals surface area contributed by atoms with Crippen LogP contribution >= 0.6 is 0 Å². The molecular formula is C10H17N5O2. The van der Waals surface area contributed by atoms with Gasteiger partial charge in [0, 0.05) is 13.6 Å². The first-order chi connectivity index (χ1) is 7.88. The molecule has 1 rings (SSSR count). The second-order valence-electron chi connectivity index (χ2n) is 4.31. The molecule has 94 valence electrons. The minimum Gasteiger partial charge on any atom is -0.391 e. The maximum atomic E-state index is 11.5. The highest BCUT2D eigenvalue weighted by Crippen LogP contribution is 2.17. The van der Waals surface area contributed by atoms with E-state index in [1.165, 1.54) is 6.33 Å². The SMILES string of the molecule is CNC(=O)C(C)(C)CNc1nc[nH]c(=O)c1N. The van der Waals surface area contributed by atoms with Gasteiger partial charge in [0.2, 0.25) is 5.91 Å². The van der Waals surface area contributed by atoms with Crippen LogP contribution in [0.4, 0.5) is 11.5 Å². The third kappa shape index (κ3) is 2.96. The van der Waals surface area contributed by atoms with Gasteiger partial charge in [-0.15, -0.1) is 0 Å². The van der Waals surface area contributed by atoms with Crippen LogP contribution in [0.1, 0.15) is 13.8 Å². The van der Waals surface area contributed by atoms with E-state index in [9.17, 15) is 9.59 Å². The molecule has 0 saturated carbocycles. The average Bonchev–Trinajstić information content (AvgIpc) is 2.30. The van der Waals surface area contributed by atoms with Crippen molar-refractivity contribution in [1.29, 1.82) is 0 Å². The van der Waals surface area contributed by atoms with E-state index in [-0.39, 0.29) is 17.4 Å². The second-order valence-corrected chi connectivity index (χ2v) is 4.31. The molecule has 0 unspecified atom stereocenters. The molecule has 0 radical (unpaired) electrons. The van der Waals surface area contributed by atoms with E-state index in [0.29, 0.717) is 6.54 Å². The van der Waals surface area contributed by atoms with Crippen LogP contribution in [-0.4, -0.2) is 29.5 Å². The number of carbonyl (C=O) groups excluding carboxylic acids is 1. The number of nitrogens with zero attached hydrogens (tertiary/aromatic N) is 1. The van der Waals surface area contributed by atoms with E-state index in [0.717, 1.165) is 0 Å². The summed E-state index contributed by atoms with van der Waals surface area (Å²) in [4.78, 5) is 29.0. The molecule has 0 atom stereocenters. The Balaban J connectivity index is 2.77. The van der Waals surface area contributed by atoms with Gasteiger partial charge in [-0.25, -0.2) is 4.98 Å². The molecule has 0 aromatic carbocycles. The molecule has 1 aromatic rings. The molecule has 1 amide bonds. The molecule has 7 heteroatoms. The fraction of sp³-hybridized carbons (Fsp3) is 0.500. The molecule has 0 aliphatic carbocycles. The quantitative estimate of drug-likeness (QED) is 0.567. The zero-order valence-corrected chi connectivity index (χ0v) is 10.1. The van der Waals surface area contributed by atoms with Gasteiger partial charge in [0.05, 0.1) is 11.7 Å². The zero-order valence-electron chi connectivity index (χ0n) is 10.1. The molecule has 7 nitrogen and oxygen atoms in total. The minimum atomic E-state index is -0.620. The Kier molecular flexibility index (Phi) is 3.72. The zero-order chi connectivity index (χ0) is 13.1. The fourth-order valence-corrected chi connectivity index (χ4v) is 1.27.